The van der Waals surface area contributed by atoms with Crippen molar-refractivity contribution in [3.8, 4) is 0 Å². The van der Waals surface area contributed by atoms with Crippen molar-refractivity contribution in [3.63, 3.8) is 0 Å². The fraction of sp³-hybridized carbons (Fsp3) is 0.400. The Morgan fingerprint density at radius 1 is 1.44 bits per heavy atom. The minimum atomic E-state index is 0.523. The van der Waals surface area contributed by atoms with E-state index in [-0.39, 0.29) is 0 Å². The van der Waals surface area contributed by atoms with Crippen LogP contribution in [0.2, 0.25) is 5.02 Å². The van der Waals surface area contributed by atoms with E-state index in [9.17, 15) is 0 Å². The van der Waals surface area contributed by atoms with Gasteiger partial charge in [-0.15, -0.1) is 0 Å². The SMILES string of the molecule is CCCNc1ncc(Cl)c(Sc2nc(C)ns2)n1. The molecule has 2 heterocycles. The lowest BCUT2D eigenvalue weighted by molar-refractivity contribution is 0.935. The van der Waals surface area contributed by atoms with E-state index in [4.69, 9.17) is 11.6 Å². The largest absolute Gasteiger partial charge is 0.354 e. The minimum absolute atomic E-state index is 0.523. The summed E-state index contributed by atoms with van der Waals surface area (Å²) in [7, 11) is 0. The minimum Gasteiger partial charge on any atom is -0.354 e. The molecule has 0 fully saturated rings. The molecule has 0 saturated heterocycles. The topological polar surface area (TPSA) is 63.6 Å². The van der Waals surface area contributed by atoms with Crippen LogP contribution in [-0.2, 0) is 0 Å². The van der Waals surface area contributed by atoms with E-state index in [0.29, 0.717) is 16.0 Å². The number of hydrogen-bond donors (Lipinski definition) is 1. The van der Waals surface area contributed by atoms with E-state index < -0.39 is 0 Å². The maximum atomic E-state index is 6.07. The third-order valence-electron chi connectivity index (χ3n) is 1.94. The standard InChI is InChI=1S/C10H12ClN5S2/c1-3-4-12-9-13-5-7(11)8(15-9)17-10-14-6(2)16-18-10/h5H,3-4H2,1-2H3,(H,12,13,15). The van der Waals surface area contributed by atoms with Crippen molar-refractivity contribution in [2.24, 2.45) is 0 Å². The molecular formula is C10H12ClN5S2. The Labute approximate surface area is 119 Å². The average Bonchev–Trinajstić information content (AvgIpc) is 2.76. The zero-order valence-electron chi connectivity index (χ0n) is 9.97. The van der Waals surface area contributed by atoms with Crippen molar-refractivity contribution in [1.82, 2.24) is 19.3 Å². The van der Waals surface area contributed by atoms with Gasteiger partial charge in [0.15, 0.2) is 4.34 Å². The first kappa shape index (κ1) is 13.5. The molecule has 0 unspecified atom stereocenters. The van der Waals surface area contributed by atoms with Crippen molar-refractivity contribution < 1.29 is 0 Å². The van der Waals surface area contributed by atoms with Crippen LogP contribution in [0.3, 0.4) is 0 Å². The molecule has 18 heavy (non-hydrogen) atoms. The van der Waals surface area contributed by atoms with Crippen LogP contribution in [0.5, 0.6) is 0 Å². The van der Waals surface area contributed by atoms with Gasteiger partial charge in [-0.25, -0.2) is 15.0 Å². The Hall–Kier alpha value is -0.920. The highest BCUT2D eigenvalue weighted by atomic mass is 35.5. The predicted molar refractivity (Wildman–Crippen MR) is 74.6 cm³/mol. The van der Waals surface area contributed by atoms with Crippen molar-refractivity contribution in [1.29, 1.82) is 0 Å². The molecule has 1 N–H and O–H groups in total. The molecule has 8 heteroatoms. The Bertz CT molecular complexity index is 531. The number of nitrogens with one attached hydrogen (secondary N) is 1. The monoisotopic (exact) mass is 301 g/mol. The first-order valence-electron chi connectivity index (χ1n) is 5.43. The number of hydrogen-bond acceptors (Lipinski definition) is 7. The zero-order chi connectivity index (χ0) is 13.0. The molecule has 0 spiro atoms. The zero-order valence-corrected chi connectivity index (χ0v) is 12.4. The van der Waals surface area contributed by atoms with Crippen molar-refractivity contribution in [2.45, 2.75) is 29.6 Å². The van der Waals surface area contributed by atoms with Crippen molar-refractivity contribution in [2.75, 3.05) is 11.9 Å². The highest BCUT2D eigenvalue weighted by Crippen LogP contribution is 2.32. The van der Waals surface area contributed by atoms with Gasteiger partial charge in [-0.3, -0.25) is 0 Å². The maximum Gasteiger partial charge on any atom is 0.223 e. The van der Waals surface area contributed by atoms with E-state index in [2.05, 4.69) is 31.6 Å². The summed E-state index contributed by atoms with van der Waals surface area (Å²) >= 11 is 8.81. The molecule has 2 aromatic rings. The average molecular weight is 302 g/mol. The quantitative estimate of drug-likeness (QED) is 0.855. The molecule has 0 amide bonds. The molecule has 0 saturated carbocycles. The van der Waals surface area contributed by atoms with Crippen LogP contribution in [0.25, 0.3) is 0 Å². The van der Waals surface area contributed by atoms with Crippen LogP contribution in [-0.4, -0.2) is 25.9 Å². The summed E-state index contributed by atoms with van der Waals surface area (Å²) in [5.41, 5.74) is 0. The van der Waals surface area contributed by atoms with E-state index >= 15 is 0 Å². The molecule has 96 valence electrons. The summed E-state index contributed by atoms with van der Waals surface area (Å²) in [6.45, 7) is 4.78. The summed E-state index contributed by atoms with van der Waals surface area (Å²) in [5, 5.41) is 4.34. The van der Waals surface area contributed by atoms with E-state index in [1.807, 2.05) is 6.92 Å². The van der Waals surface area contributed by atoms with Gasteiger partial charge in [0, 0.05) is 6.54 Å². The van der Waals surface area contributed by atoms with Gasteiger partial charge in [0.1, 0.15) is 10.9 Å². The second-order valence-electron chi connectivity index (χ2n) is 3.48. The maximum absolute atomic E-state index is 6.07. The fourth-order valence-electron chi connectivity index (χ4n) is 1.15. The third kappa shape index (κ3) is 3.54. The van der Waals surface area contributed by atoms with Gasteiger partial charge < -0.3 is 5.32 Å². The summed E-state index contributed by atoms with van der Waals surface area (Å²) in [4.78, 5) is 12.8. The van der Waals surface area contributed by atoms with Gasteiger partial charge in [0.05, 0.1) is 11.2 Å². The van der Waals surface area contributed by atoms with Crippen molar-refractivity contribution >= 4 is 40.8 Å². The smallest absolute Gasteiger partial charge is 0.223 e. The van der Waals surface area contributed by atoms with Gasteiger partial charge >= 0.3 is 0 Å². The highest BCUT2D eigenvalue weighted by molar-refractivity contribution is 8.01. The lowest BCUT2D eigenvalue weighted by Gasteiger charge is -2.05. The molecule has 5 nitrogen and oxygen atoms in total. The second-order valence-corrected chi connectivity index (χ2v) is 5.88. The van der Waals surface area contributed by atoms with Crippen LogP contribution in [0.1, 0.15) is 19.2 Å². The predicted octanol–water partition coefficient (Wildman–Crippen LogP) is 3.26. The molecule has 0 aliphatic carbocycles. The van der Waals surface area contributed by atoms with Crippen molar-refractivity contribution in [3.05, 3.63) is 17.0 Å². The number of aryl methyl sites for hydroxylation is 1. The number of nitrogens with zero attached hydrogens (tertiary/aromatic N) is 4. The third-order valence-corrected chi connectivity index (χ3v) is 4.17. The molecule has 0 aromatic carbocycles. The molecule has 0 aliphatic heterocycles. The van der Waals surface area contributed by atoms with Gasteiger partial charge in [-0.05, 0) is 36.6 Å². The van der Waals surface area contributed by atoms with Gasteiger partial charge in [0.2, 0.25) is 5.95 Å². The second kappa shape index (κ2) is 6.31. The number of anilines is 1. The first-order valence-corrected chi connectivity index (χ1v) is 7.40. The summed E-state index contributed by atoms with van der Waals surface area (Å²) in [6.07, 6.45) is 2.62. The van der Waals surface area contributed by atoms with E-state index in [1.165, 1.54) is 23.3 Å². The van der Waals surface area contributed by atoms with Gasteiger partial charge in [-0.2, -0.15) is 4.37 Å². The summed E-state index contributed by atoms with van der Waals surface area (Å²) in [6, 6.07) is 0. The molecule has 0 bridgehead atoms. The lowest BCUT2D eigenvalue weighted by Crippen LogP contribution is -2.04. The molecule has 2 rings (SSSR count). The van der Waals surface area contributed by atoms with E-state index in [0.717, 1.165) is 23.1 Å². The normalized spacial score (nSPS) is 10.6. The van der Waals surface area contributed by atoms with Crippen LogP contribution < -0.4 is 5.32 Å². The number of rotatable bonds is 5. The van der Waals surface area contributed by atoms with Crippen LogP contribution >= 0.6 is 34.9 Å². The van der Waals surface area contributed by atoms with E-state index in [1.54, 1.807) is 6.20 Å². The molecule has 2 aromatic heterocycles. The molecule has 0 atom stereocenters. The molecular weight excluding hydrogens is 290 g/mol. The highest BCUT2D eigenvalue weighted by Gasteiger charge is 2.10. The van der Waals surface area contributed by atoms with Gasteiger partial charge in [0.25, 0.3) is 0 Å². The Morgan fingerprint density at radius 3 is 2.94 bits per heavy atom. The van der Waals surface area contributed by atoms with Crippen LogP contribution in [0, 0.1) is 6.92 Å². The Kier molecular flexibility index (Phi) is 4.73. The summed E-state index contributed by atoms with van der Waals surface area (Å²) < 4.78 is 4.95. The Balaban J connectivity index is 2.15. The fourth-order valence-corrected chi connectivity index (χ4v) is 2.90. The molecule has 0 aliphatic rings. The lowest BCUT2D eigenvalue weighted by atomic mass is 10.5. The molecule has 0 radical (unpaired) electrons. The Morgan fingerprint density at radius 2 is 2.28 bits per heavy atom. The summed E-state index contributed by atoms with van der Waals surface area (Å²) in [5.74, 6) is 1.35. The van der Waals surface area contributed by atoms with Crippen LogP contribution in [0.4, 0.5) is 5.95 Å². The first-order chi connectivity index (χ1) is 8.69. The number of halogens is 1. The van der Waals surface area contributed by atoms with Gasteiger partial charge in [-0.1, -0.05) is 18.5 Å². The van der Waals surface area contributed by atoms with Crippen LogP contribution in [0.15, 0.2) is 15.6 Å². The number of aromatic nitrogens is 4.